The first-order chi connectivity index (χ1) is 6.69. The summed E-state index contributed by atoms with van der Waals surface area (Å²) in [6, 6.07) is 6.40. The minimum absolute atomic E-state index is 0.0102. The Morgan fingerprint density at radius 3 is 1.36 bits per heavy atom. The molecular weight excluding hydrogens is 184 g/mol. The first-order valence-electron chi connectivity index (χ1n) is 3.75. The van der Waals surface area contributed by atoms with Crippen LogP contribution >= 0.6 is 0 Å². The lowest BCUT2D eigenvalue weighted by Crippen LogP contribution is -2.15. The van der Waals surface area contributed by atoms with E-state index in [1.807, 2.05) is 0 Å². The van der Waals surface area contributed by atoms with Crippen molar-refractivity contribution in [2.24, 2.45) is 21.8 Å². The highest BCUT2D eigenvalue weighted by molar-refractivity contribution is 6.00. The largest absolute Gasteiger partial charge is 0.409 e. The summed E-state index contributed by atoms with van der Waals surface area (Å²) in [4.78, 5) is 0. The van der Waals surface area contributed by atoms with Gasteiger partial charge in [0.2, 0.25) is 0 Å². The zero-order valence-corrected chi connectivity index (χ0v) is 7.25. The summed E-state index contributed by atoms with van der Waals surface area (Å²) in [5, 5.41) is 22.4. The molecule has 14 heavy (non-hydrogen) atoms. The maximum absolute atomic E-state index is 8.39. The number of amidine groups is 2. The van der Waals surface area contributed by atoms with Gasteiger partial charge in [0.05, 0.1) is 0 Å². The van der Waals surface area contributed by atoms with E-state index in [1.54, 1.807) is 24.3 Å². The Morgan fingerprint density at radius 2 is 1.14 bits per heavy atom. The predicted molar refractivity (Wildman–Crippen MR) is 51.5 cm³/mol. The van der Waals surface area contributed by atoms with Gasteiger partial charge in [0.1, 0.15) is 0 Å². The zero-order chi connectivity index (χ0) is 10.6. The van der Waals surface area contributed by atoms with Crippen LogP contribution in [0.5, 0.6) is 0 Å². The van der Waals surface area contributed by atoms with Gasteiger partial charge in [-0.25, -0.2) is 0 Å². The van der Waals surface area contributed by atoms with E-state index >= 15 is 0 Å². The highest BCUT2D eigenvalue weighted by Crippen LogP contribution is 2.03. The predicted octanol–water partition coefficient (Wildman–Crippen LogP) is -0.124. The second kappa shape index (κ2) is 4.13. The molecule has 6 heteroatoms. The molecule has 6 nitrogen and oxygen atoms in total. The molecule has 0 spiro atoms. The Bertz CT molecular complexity index is 332. The van der Waals surface area contributed by atoms with Crippen LogP contribution in [0.4, 0.5) is 0 Å². The number of rotatable bonds is 2. The molecule has 0 unspecified atom stereocenters. The molecule has 0 bridgehead atoms. The summed E-state index contributed by atoms with van der Waals surface area (Å²) in [6.07, 6.45) is 0. The Morgan fingerprint density at radius 1 is 0.857 bits per heavy atom. The van der Waals surface area contributed by atoms with Crippen LogP contribution in [0.25, 0.3) is 0 Å². The van der Waals surface area contributed by atoms with Crippen LogP contribution in [0.15, 0.2) is 34.6 Å². The van der Waals surface area contributed by atoms with Crippen molar-refractivity contribution < 1.29 is 10.4 Å². The normalized spacial score (nSPS) is 12.9. The summed E-state index contributed by atoms with van der Waals surface area (Å²) in [5.74, 6) is 0.0205. The molecule has 0 amide bonds. The number of hydrogen-bond acceptors (Lipinski definition) is 4. The number of benzene rings is 1. The Kier molecular flexibility index (Phi) is 2.90. The van der Waals surface area contributed by atoms with Gasteiger partial charge < -0.3 is 21.9 Å². The van der Waals surface area contributed by atoms with E-state index in [4.69, 9.17) is 21.9 Å². The standard InChI is InChI=1S/C8H10N4O2/c9-7(11-13)5-1-2-6(4-3-5)8(10)12-14/h1-4,13-14H,(H2,9,11)(H2,10,12). The third-order valence-electron chi connectivity index (χ3n) is 1.69. The molecule has 0 aliphatic carbocycles. The van der Waals surface area contributed by atoms with Crippen molar-refractivity contribution in [3.8, 4) is 0 Å². The van der Waals surface area contributed by atoms with Crippen LogP contribution in [0.3, 0.4) is 0 Å². The van der Waals surface area contributed by atoms with E-state index in [1.165, 1.54) is 0 Å². The lowest BCUT2D eigenvalue weighted by molar-refractivity contribution is 0.318. The third-order valence-corrected chi connectivity index (χ3v) is 1.69. The Balaban J connectivity index is 3.01. The monoisotopic (exact) mass is 194 g/mol. The van der Waals surface area contributed by atoms with Gasteiger partial charge in [0, 0.05) is 11.1 Å². The molecule has 1 aromatic carbocycles. The van der Waals surface area contributed by atoms with Crippen molar-refractivity contribution in [1.82, 2.24) is 0 Å². The summed E-state index contributed by atoms with van der Waals surface area (Å²) in [7, 11) is 0. The molecule has 0 atom stereocenters. The number of nitrogens with two attached hydrogens (primary N) is 2. The van der Waals surface area contributed by atoms with Gasteiger partial charge in [-0.2, -0.15) is 0 Å². The fraction of sp³-hybridized carbons (Fsp3) is 0. The summed E-state index contributed by atoms with van der Waals surface area (Å²) in [5.41, 5.74) is 11.8. The minimum Gasteiger partial charge on any atom is -0.409 e. The van der Waals surface area contributed by atoms with E-state index in [0.29, 0.717) is 11.1 Å². The zero-order valence-electron chi connectivity index (χ0n) is 7.25. The van der Waals surface area contributed by atoms with E-state index in [2.05, 4.69) is 10.3 Å². The Hall–Kier alpha value is -2.24. The van der Waals surface area contributed by atoms with Crippen LogP contribution < -0.4 is 11.5 Å². The average Bonchev–Trinajstić information content (AvgIpc) is 2.27. The molecule has 0 fully saturated rings. The van der Waals surface area contributed by atoms with Crippen molar-refractivity contribution >= 4 is 11.7 Å². The van der Waals surface area contributed by atoms with Gasteiger partial charge >= 0.3 is 0 Å². The van der Waals surface area contributed by atoms with Gasteiger partial charge in [-0.05, 0) is 0 Å². The molecule has 0 heterocycles. The Labute approximate surface area is 80.1 Å². The first kappa shape index (κ1) is 9.85. The number of nitrogens with zero attached hydrogens (tertiary/aromatic N) is 2. The van der Waals surface area contributed by atoms with Crippen LogP contribution in [-0.4, -0.2) is 22.1 Å². The van der Waals surface area contributed by atoms with Crippen molar-refractivity contribution in [2.75, 3.05) is 0 Å². The van der Waals surface area contributed by atoms with Crippen LogP contribution in [0.2, 0.25) is 0 Å². The van der Waals surface area contributed by atoms with Crippen molar-refractivity contribution in [2.45, 2.75) is 0 Å². The molecule has 0 saturated heterocycles. The van der Waals surface area contributed by atoms with Crippen LogP contribution in [0, 0.1) is 0 Å². The summed E-state index contributed by atoms with van der Waals surface area (Å²) in [6.45, 7) is 0. The average molecular weight is 194 g/mol. The van der Waals surface area contributed by atoms with Gasteiger partial charge in [-0.15, -0.1) is 0 Å². The maximum atomic E-state index is 8.39. The SMILES string of the molecule is N/C(=N\O)c1ccc(/C(N)=N/O)cc1. The van der Waals surface area contributed by atoms with E-state index in [-0.39, 0.29) is 11.7 Å². The quantitative estimate of drug-likeness (QED) is 0.227. The van der Waals surface area contributed by atoms with Crippen molar-refractivity contribution in [1.29, 1.82) is 0 Å². The van der Waals surface area contributed by atoms with Crippen molar-refractivity contribution in [3.63, 3.8) is 0 Å². The molecule has 0 aromatic heterocycles. The molecule has 0 radical (unpaired) electrons. The van der Waals surface area contributed by atoms with Crippen molar-refractivity contribution in [3.05, 3.63) is 35.4 Å². The molecule has 0 saturated carbocycles. The molecule has 1 rings (SSSR count). The van der Waals surface area contributed by atoms with E-state index in [9.17, 15) is 0 Å². The smallest absolute Gasteiger partial charge is 0.170 e. The lowest BCUT2D eigenvalue weighted by Gasteiger charge is -2.00. The second-order valence-electron chi connectivity index (χ2n) is 2.55. The molecule has 6 N–H and O–H groups in total. The lowest BCUT2D eigenvalue weighted by atomic mass is 10.1. The van der Waals surface area contributed by atoms with Gasteiger partial charge in [0.25, 0.3) is 0 Å². The van der Waals surface area contributed by atoms with Gasteiger partial charge in [0.15, 0.2) is 11.7 Å². The third kappa shape index (κ3) is 1.92. The highest BCUT2D eigenvalue weighted by Gasteiger charge is 2.01. The van der Waals surface area contributed by atoms with E-state index in [0.717, 1.165) is 0 Å². The van der Waals surface area contributed by atoms with Gasteiger partial charge in [-0.1, -0.05) is 34.6 Å². The van der Waals surface area contributed by atoms with E-state index < -0.39 is 0 Å². The highest BCUT2D eigenvalue weighted by atomic mass is 16.4. The van der Waals surface area contributed by atoms with Crippen LogP contribution in [0.1, 0.15) is 11.1 Å². The fourth-order valence-corrected chi connectivity index (χ4v) is 0.927. The summed E-state index contributed by atoms with van der Waals surface area (Å²) < 4.78 is 0. The molecule has 1 aromatic rings. The molecular formula is C8H10N4O2. The second-order valence-corrected chi connectivity index (χ2v) is 2.55. The number of hydrogen-bond donors (Lipinski definition) is 4. The molecule has 0 aliphatic rings. The first-order valence-corrected chi connectivity index (χ1v) is 3.75. The summed E-state index contributed by atoms with van der Waals surface area (Å²) >= 11 is 0. The fourth-order valence-electron chi connectivity index (χ4n) is 0.927. The van der Waals surface area contributed by atoms with Crippen LogP contribution in [-0.2, 0) is 0 Å². The topological polar surface area (TPSA) is 117 Å². The minimum atomic E-state index is 0.0102. The number of oxime groups is 2. The van der Waals surface area contributed by atoms with Gasteiger partial charge in [-0.3, -0.25) is 0 Å². The molecule has 0 aliphatic heterocycles. The molecule has 74 valence electrons. The maximum Gasteiger partial charge on any atom is 0.170 e.